The number of halogens is 1. The number of ether oxygens (including phenoxy) is 1. The predicted molar refractivity (Wildman–Crippen MR) is 141 cm³/mol. The molecule has 2 aromatic carbocycles. The topological polar surface area (TPSA) is 109 Å². The standard InChI is InChI=1S/C28H28FN3O5S/c1-18-5-7-21(8-6-18)38(35,36)32-24-17-23(29)22(15-20(24)16-25(32)26(33)9-12-30)19-10-13-31(14-11-19)27(34)37-28(2,3)4/h5-8,10,15-17H,9,11,13-14H2,1-4H3. The molecule has 0 unspecified atom stereocenters. The molecule has 38 heavy (non-hydrogen) atoms. The van der Waals surface area contributed by atoms with E-state index in [1.54, 1.807) is 45.0 Å². The van der Waals surface area contributed by atoms with Gasteiger partial charge in [0.2, 0.25) is 0 Å². The molecule has 1 aromatic heterocycles. The summed E-state index contributed by atoms with van der Waals surface area (Å²) in [6, 6.07) is 11.8. The van der Waals surface area contributed by atoms with Crippen LogP contribution >= 0.6 is 0 Å². The third kappa shape index (κ3) is 5.34. The van der Waals surface area contributed by atoms with Crippen LogP contribution in [0.25, 0.3) is 16.5 Å². The highest BCUT2D eigenvalue weighted by Gasteiger charge is 2.29. The van der Waals surface area contributed by atoms with Crippen molar-refractivity contribution >= 4 is 38.4 Å². The predicted octanol–water partition coefficient (Wildman–Crippen LogP) is 5.45. The summed E-state index contributed by atoms with van der Waals surface area (Å²) in [5, 5.41) is 9.40. The van der Waals surface area contributed by atoms with Crippen molar-refractivity contribution < 1.29 is 27.1 Å². The lowest BCUT2D eigenvalue weighted by molar-refractivity contribution is 0.0270. The van der Waals surface area contributed by atoms with Gasteiger partial charge in [-0.15, -0.1) is 0 Å². The molecule has 10 heteroatoms. The van der Waals surface area contributed by atoms with Crippen molar-refractivity contribution in [2.45, 2.75) is 51.0 Å². The van der Waals surface area contributed by atoms with Crippen LogP contribution in [0, 0.1) is 24.1 Å². The number of nitrogens with zero attached hydrogens (tertiary/aromatic N) is 3. The van der Waals surface area contributed by atoms with E-state index in [0.29, 0.717) is 23.9 Å². The molecule has 0 fully saturated rings. The van der Waals surface area contributed by atoms with Crippen molar-refractivity contribution in [3.8, 4) is 6.07 Å². The highest BCUT2D eigenvalue weighted by Crippen LogP contribution is 2.33. The third-order valence-corrected chi connectivity index (χ3v) is 7.88. The molecule has 0 saturated carbocycles. The lowest BCUT2D eigenvalue weighted by Crippen LogP contribution is -2.39. The minimum Gasteiger partial charge on any atom is -0.444 e. The van der Waals surface area contributed by atoms with Crippen molar-refractivity contribution in [1.82, 2.24) is 8.87 Å². The first-order valence-corrected chi connectivity index (χ1v) is 13.5. The number of aryl methyl sites for hydroxylation is 1. The van der Waals surface area contributed by atoms with E-state index in [1.165, 1.54) is 29.2 Å². The van der Waals surface area contributed by atoms with Crippen LogP contribution in [0.5, 0.6) is 0 Å². The Morgan fingerprint density at radius 2 is 1.82 bits per heavy atom. The zero-order valence-corrected chi connectivity index (χ0v) is 22.4. The van der Waals surface area contributed by atoms with E-state index in [9.17, 15) is 18.0 Å². The van der Waals surface area contributed by atoms with E-state index in [1.807, 2.05) is 6.92 Å². The Kier molecular flexibility index (Phi) is 7.17. The van der Waals surface area contributed by atoms with Gasteiger partial charge in [-0.05, 0) is 70.0 Å². The normalized spacial score (nSPS) is 14.2. The van der Waals surface area contributed by atoms with Crippen molar-refractivity contribution in [1.29, 1.82) is 5.26 Å². The lowest BCUT2D eigenvalue weighted by Gasteiger charge is -2.29. The number of benzene rings is 2. The Bertz CT molecular complexity index is 1610. The number of aromatic nitrogens is 1. The van der Waals surface area contributed by atoms with Gasteiger partial charge in [0.25, 0.3) is 10.0 Å². The number of Topliss-reactive ketones (excluding diaryl/α,β-unsaturated/α-hetero) is 1. The van der Waals surface area contributed by atoms with Crippen LogP contribution in [0.15, 0.2) is 53.4 Å². The van der Waals surface area contributed by atoms with E-state index in [-0.39, 0.29) is 28.2 Å². The van der Waals surface area contributed by atoms with Gasteiger partial charge < -0.3 is 9.64 Å². The molecule has 0 aliphatic carbocycles. The summed E-state index contributed by atoms with van der Waals surface area (Å²) in [5.41, 5.74) is 0.912. The zero-order valence-electron chi connectivity index (χ0n) is 21.6. The molecule has 1 amide bonds. The summed E-state index contributed by atoms with van der Waals surface area (Å²) < 4.78 is 48.9. The maximum atomic E-state index is 15.5. The number of carbonyl (C=O) groups is 2. The second kappa shape index (κ2) is 10.1. The van der Waals surface area contributed by atoms with Crippen molar-refractivity contribution in [2.75, 3.05) is 13.1 Å². The molecular weight excluding hydrogens is 509 g/mol. The summed E-state index contributed by atoms with van der Waals surface area (Å²) in [6.45, 7) is 7.71. The van der Waals surface area contributed by atoms with Gasteiger partial charge in [-0.25, -0.2) is 21.6 Å². The number of rotatable bonds is 5. The fraction of sp³-hybridized carbons (Fsp3) is 0.321. The largest absolute Gasteiger partial charge is 0.444 e. The van der Waals surface area contributed by atoms with Gasteiger partial charge >= 0.3 is 6.09 Å². The molecule has 8 nitrogen and oxygen atoms in total. The summed E-state index contributed by atoms with van der Waals surface area (Å²) >= 11 is 0. The number of hydrogen-bond acceptors (Lipinski definition) is 6. The first-order valence-electron chi connectivity index (χ1n) is 12.1. The number of hydrogen-bond donors (Lipinski definition) is 0. The smallest absolute Gasteiger partial charge is 0.410 e. The second-order valence-corrected chi connectivity index (χ2v) is 12.0. The highest BCUT2D eigenvalue weighted by atomic mass is 32.2. The number of ketones is 1. The van der Waals surface area contributed by atoms with Gasteiger partial charge in [0.15, 0.2) is 5.78 Å². The van der Waals surface area contributed by atoms with E-state index < -0.39 is 39.7 Å². The van der Waals surface area contributed by atoms with Crippen LogP contribution in [0.2, 0.25) is 0 Å². The monoisotopic (exact) mass is 537 g/mol. The van der Waals surface area contributed by atoms with Gasteiger partial charge in [-0.3, -0.25) is 4.79 Å². The van der Waals surface area contributed by atoms with Crippen molar-refractivity contribution in [3.05, 3.63) is 71.2 Å². The fourth-order valence-electron chi connectivity index (χ4n) is 4.29. The molecular formula is C28H28FN3O5S. The quantitative estimate of drug-likeness (QED) is 0.401. The summed E-state index contributed by atoms with van der Waals surface area (Å²) in [6.07, 6.45) is 1.12. The van der Waals surface area contributed by atoms with Crippen LogP contribution < -0.4 is 0 Å². The van der Waals surface area contributed by atoms with Crippen LogP contribution in [0.1, 0.15) is 55.2 Å². The zero-order chi connectivity index (χ0) is 27.8. The molecule has 0 N–H and O–H groups in total. The summed E-state index contributed by atoms with van der Waals surface area (Å²) in [4.78, 5) is 26.6. The van der Waals surface area contributed by atoms with Gasteiger partial charge in [-0.1, -0.05) is 23.8 Å². The lowest BCUT2D eigenvalue weighted by atomic mass is 9.98. The van der Waals surface area contributed by atoms with Gasteiger partial charge in [-0.2, -0.15) is 5.26 Å². The van der Waals surface area contributed by atoms with Gasteiger partial charge in [0, 0.05) is 24.0 Å². The van der Waals surface area contributed by atoms with Crippen LogP contribution in [0.3, 0.4) is 0 Å². The Morgan fingerprint density at radius 3 is 2.39 bits per heavy atom. The van der Waals surface area contributed by atoms with E-state index >= 15 is 4.39 Å². The summed E-state index contributed by atoms with van der Waals surface area (Å²) in [7, 11) is -4.27. The maximum absolute atomic E-state index is 15.5. The minimum absolute atomic E-state index is 0.0000873. The molecule has 0 radical (unpaired) electrons. The molecule has 0 saturated heterocycles. The molecule has 1 aliphatic rings. The second-order valence-electron chi connectivity index (χ2n) is 10.2. The van der Waals surface area contributed by atoms with Crippen LogP contribution in [-0.4, -0.2) is 47.9 Å². The molecule has 0 atom stereocenters. The average Bonchev–Trinajstić information content (AvgIpc) is 3.22. The first kappa shape index (κ1) is 27.1. The minimum atomic E-state index is -4.27. The molecule has 3 aromatic rings. The Morgan fingerprint density at radius 1 is 1.13 bits per heavy atom. The van der Waals surface area contributed by atoms with Gasteiger partial charge in [0.05, 0.1) is 16.5 Å². The SMILES string of the molecule is Cc1ccc(S(=O)(=O)n2c(C(=O)CC#N)cc3cc(C4=CCN(C(=O)OC(C)(C)C)CC4)c(F)cc32)cc1. The molecule has 0 bridgehead atoms. The number of carbonyl (C=O) groups excluding carboxylic acids is 2. The van der Waals surface area contributed by atoms with Gasteiger partial charge in [0.1, 0.15) is 23.5 Å². The van der Waals surface area contributed by atoms with E-state index in [2.05, 4.69) is 0 Å². The van der Waals surface area contributed by atoms with E-state index in [4.69, 9.17) is 10.00 Å². The molecule has 1 aliphatic heterocycles. The first-order chi connectivity index (χ1) is 17.8. The number of fused-ring (bicyclic) bond motifs is 1. The average molecular weight is 538 g/mol. The summed E-state index contributed by atoms with van der Waals surface area (Å²) in [5.74, 6) is -1.35. The van der Waals surface area contributed by atoms with Crippen molar-refractivity contribution in [3.63, 3.8) is 0 Å². The van der Waals surface area contributed by atoms with Crippen LogP contribution in [-0.2, 0) is 14.8 Å². The Hall–Kier alpha value is -3.97. The molecule has 198 valence electrons. The Balaban J connectivity index is 1.78. The fourth-order valence-corrected chi connectivity index (χ4v) is 5.81. The number of nitriles is 1. The third-order valence-electron chi connectivity index (χ3n) is 6.14. The molecule has 2 heterocycles. The number of amides is 1. The highest BCUT2D eigenvalue weighted by molar-refractivity contribution is 7.90. The maximum Gasteiger partial charge on any atom is 0.410 e. The van der Waals surface area contributed by atoms with Crippen LogP contribution in [0.4, 0.5) is 9.18 Å². The van der Waals surface area contributed by atoms with Crippen molar-refractivity contribution in [2.24, 2.45) is 0 Å². The van der Waals surface area contributed by atoms with E-state index in [0.717, 1.165) is 15.6 Å². The Labute approximate surface area is 221 Å². The molecule has 4 rings (SSSR count). The molecule has 0 spiro atoms.